The summed E-state index contributed by atoms with van der Waals surface area (Å²) in [6.07, 6.45) is 6.22. The van der Waals surface area contributed by atoms with Crippen LogP contribution in [0.2, 0.25) is 0 Å². The third-order valence-electron chi connectivity index (χ3n) is 7.05. The normalized spacial score (nSPS) is 23.4. The van der Waals surface area contributed by atoms with E-state index in [-0.39, 0.29) is 11.8 Å². The molecule has 3 atom stereocenters. The van der Waals surface area contributed by atoms with Crippen LogP contribution in [-0.2, 0) is 16.1 Å². The molecule has 0 bridgehead atoms. The number of imide groups is 1. The van der Waals surface area contributed by atoms with E-state index in [0.717, 1.165) is 46.8 Å². The maximum absolute atomic E-state index is 13.0. The average molecular weight is 397 g/mol. The summed E-state index contributed by atoms with van der Waals surface area (Å²) in [5.41, 5.74) is 5.42. The fourth-order valence-electron chi connectivity index (χ4n) is 5.62. The van der Waals surface area contributed by atoms with Gasteiger partial charge in [-0.25, -0.2) is 0 Å². The summed E-state index contributed by atoms with van der Waals surface area (Å²) in [5.74, 6) is -0.917. The van der Waals surface area contributed by atoms with Gasteiger partial charge in [0.2, 0.25) is 11.8 Å². The second-order valence-corrected chi connectivity index (χ2v) is 8.51. The van der Waals surface area contributed by atoms with Gasteiger partial charge in [0, 0.05) is 35.2 Å². The molecule has 0 radical (unpaired) electrons. The zero-order valence-electron chi connectivity index (χ0n) is 16.8. The van der Waals surface area contributed by atoms with E-state index in [2.05, 4.69) is 46.2 Å². The fourth-order valence-corrected chi connectivity index (χ4v) is 5.62. The molecule has 2 aromatic carbocycles. The van der Waals surface area contributed by atoms with Crippen molar-refractivity contribution >= 4 is 33.6 Å². The van der Waals surface area contributed by atoms with Gasteiger partial charge >= 0.3 is 0 Å². The van der Waals surface area contributed by atoms with E-state index in [1.165, 1.54) is 11.1 Å². The quantitative estimate of drug-likeness (QED) is 0.498. The van der Waals surface area contributed by atoms with Crippen molar-refractivity contribution in [2.75, 3.05) is 0 Å². The molecule has 1 unspecified atom stereocenters. The second-order valence-electron chi connectivity index (χ2n) is 8.51. The van der Waals surface area contributed by atoms with Crippen molar-refractivity contribution in [2.45, 2.75) is 44.1 Å². The summed E-state index contributed by atoms with van der Waals surface area (Å²) in [6, 6.07) is 14.3. The monoisotopic (exact) mass is 397 g/mol. The highest BCUT2D eigenvalue weighted by molar-refractivity contribution is 6.13. The molecule has 0 spiro atoms. The van der Waals surface area contributed by atoms with E-state index in [0.29, 0.717) is 5.92 Å². The van der Waals surface area contributed by atoms with Crippen molar-refractivity contribution in [1.82, 2.24) is 14.9 Å². The molecule has 0 saturated carbocycles. The molecule has 4 aromatic rings. The molecule has 0 aliphatic carbocycles. The summed E-state index contributed by atoms with van der Waals surface area (Å²) in [4.78, 5) is 29.2. The number of H-pyrrole nitrogens is 1. The van der Waals surface area contributed by atoms with Gasteiger partial charge in [-0.05, 0) is 41.5 Å². The Morgan fingerprint density at radius 1 is 0.933 bits per heavy atom. The van der Waals surface area contributed by atoms with E-state index in [1.54, 1.807) is 0 Å². The number of hydrogen-bond donors (Lipinski definition) is 2. The van der Waals surface area contributed by atoms with Crippen LogP contribution in [0.25, 0.3) is 21.8 Å². The van der Waals surface area contributed by atoms with E-state index >= 15 is 0 Å². The lowest BCUT2D eigenvalue weighted by molar-refractivity contribution is -0.125. The van der Waals surface area contributed by atoms with Crippen molar-refractivity contribution < 1.29 is 9.59 Å². The number of rotatable bonds is 3. The summed E-state index contributed by atoms with van der Waals surface area (Å²) in [5, 5.41) is 4.71. The smallest absolute Gasteiger partial charge is 0.235 e. The van der Waals surface area contributed by atoms with E-state index in [9.17, 15) is 9.59 Å². The lowest BCUT2D eigenvalue weighted by Crippen LogP contribution is -2.21. The number of aryl methyl sites for hydroxylation is 1. The van der Waals surface area contributed by atoms with Gasteiger partial charge in [-0.1, -0.05) is 43.3 Å². The number of carbonyl (C=O) groups is 2. The molecule has 2 aromatic heterocycles. The van der Waals surface area contributed by atoms with Crippen LogP contribution in [0.3, 0.4) is 0 Å². The Balaban J connectivity index is 1.56. The zero-order chi connectivity index (χ0) is 20.4. The molecular weight excluding hydrogens is 374 g/mol. The topological polar surface area (TPSA) is 66.9 Å². The average Bonchev–Trinajstić information content (AvgIpc) is 3.42. The molecule has 2 amide bonds. The molecule has 5 nitrogen and oxygen atoms in total. The minimum absolute atomic E-state index is 0.203. The highest BCUT2D eigenvalue weighted by Crippen LogP contribution is 2.45. The van der Waals surface area contributed by atoms with Crippen LogP contribution in [0.1, 0.15) is 54.2 Å². The van der Waals surface area contributed by atoms with Gasteiger partial charge in [0.05, 0.1) is 17.4 Å². The molecule has 150 valence electrons. The largest absolute Gasteiger partial charge is 0.361 e. The van der Waals surface area contributed by atoms with Crippen molar-refractivity contribution in [3.05, 3.63) is 71.5 Å². The van der Waals surface area contributed by atoms with Gasteiger partial charge in [0.25, 0.3) is 0 Å². The van der Waals surface area contributed by atoms with Crippen LogP contribution >= 0.6 is 0 Å². The third-order valence-corrected chi connectivity index (χ3v) is 7.05. The van der Waals surface area contributed by atoms with Crippen LogP contribution < -0.4 is 5.32 Å². The van der Waals surface area contributed by atoms with Crippen LogP contribution in [0.5, 0.6) is 0 Å². The lowest BCUT2D eigenvalue weighted by atomic mass is 9.82. The number of nitrogens with one attached hydrogen (secondary N) is 2. The predicted molar refractivity (Wildman–Crippen MR) is 117 cm³/mol. The van der Waals surface area contributed by atoms with Gasteiger partial charge < -0.3 is 9.55 Å². The van der Waals surface area contributed by atoms with Crippen molar-refractivity contribution in [2.24, 2.45) is 0 Å². The van der Waals surface area contributed by atoms with Gasteiger partial charge in [-0.2, -0.15) is 0 Å². The Morgan fingerprint density at radius 2 is 1.70 bits per heavy atom. The number of aromatic nitrogens is 2. The lowest BCUT2D eigenvalue weighted by Gasteiger charge is -2.23. The highest BCUT2D eigenvalue weighted by atomic mass is 16.2. The fraction of sp³-hybridized carbons (Fsp3) is 0.280. The summed E-state index contributed by atoms with van der Waals surface area (Å²) in [7, 11) is 0. The number of aromatic amines is 1. The Hall–Kier alpha value is -3.34. The van der Waals surface area contributed by atoms with Gasteiger partial charge in [-0.15, -0.1) is 0 Å². The summed E-state index contributed by atoms with van der Waals surface area (Å²) in [6.45, 7) is 3.19. The number of amides is 2. The number of benzene rings is 2. The molecule has 6 rings (SSSR count). The van der Waals surface area contributed by atoms with Gasteiger partial charge in [0.1, 0.15) is 0 Å². The molecule has 2 aliphatic rings. The predicted octanol–water partition coefficient (Wildman–Crippen LogP) is 4.54. The maximum atomic E-state index is 13.0. The van der Waals surface area contributed by atoms with Gasteiger partial charge in [0.15, 0.2) is 0 Å². The Morgan fingerprint density at radius 3 is 2.53 bits per heavy atom. The molecular formula is C25H23N3O2. The Kier molecular flexibility index (Phi) is 3.69. The van der Waals surface area contributed by atoms with Crippen molar-refractivity contribution in [3.63, 3.8) is 0 Å². The van der Waals surface area contributed by atoms with Crippen LogP contribution in [-0.4, -0.2) is 21.4 Å². The number of carbonyl (C=O) groups excluding carboxylic acids is 2. The van der Waals surface area contributed by atoms with E-state index < -0.39 is 11.8 Å². The minimum atomic E-state index is -0.529. The minimum Gasteiger partial charge on any atom is -0.361 e. The molecule has 1 fully saturated rings. The first-order valence-corrected chi connectivity index (χ1v) is 10.7. The Bertz CT molecular complexity index is 1330. The third kappa shape index (κ3) is 2.29. The van der Waals surface area contributed by atoms with E-state index in [4.69, 9.17) is 0 Å². The number of fused-ring (bicyclic) bond motifs is 1. The highest BCUT2D eigenvalue weighted by Gasteiger charge is 2.46. The molecule has 30 heavy (non-hydrogen) atoms. The van der Waals surface area contributed by atoms with Crippen molar-refractivity contribution in [1.29, 1.82) is 0 Å². The standard InChI is InChI=1S/C25H23N3O2/c1-2-14-10-11-28-13-19(17-8-5-7-15(14)23(17)28)22-21(24(29)27-25(22)30)18-12-26-20-9-4-3-6-16(18)20/h3-9,12-14,21-22,26H,2,10-11H2,1H3,(H,27,29,30)/t14?,21-,22-/m0/s1. The van der Waals surface area contributed by atoms with Crippen molar-refractivity contribution in [3.8, 4) is 0 Å². The molecule has 4 heterocycles. The second kappa shape index (κ2) is 6.33. The molecule has 2 N–H and O–H groups in total. The first-order valence-electron chi connectivity index (χ1n) is 10.7. The van der Waals surface area contributed by atoms with E-state index in [1.807, 2.05) is 30.5 Å². The number of para-hydroxylation sites is 2. The number of hydrogen-bond acceptors (Lipinski definition) is 2. The van der Waals surface area contributed by atoms with Crippen LogP contribution in [0, 0.1) is 0 Å². The molecule has 5 heteroatoms. The Labute approximate surface area is 174 Å². The summed E-state index contributed by atoms with van der Waals surface area (Å²) >= 11 is 0. The summed E-state index contributed by atoms with van der Waals surface area (Å²) < 4.78 is 2.29. The first-order chi connectivity index (χ1) is 14.7. The van der Waals surface area contributed by atoms with Crippen LogP contribution in [0.15, 0.2) is 54.9 Å². The zero-order valence-corrected chi connectivity index (χ0v) is 16.8. The van der Waals surface area contributed by atoms with Crippen LogP contribution in [0.4, 0.5) is 0 Å². The first kappa shape index (κ1) is 17.5. The molecule has 2 aliphatic heterocycles. The number of nitrogens with zero attached hydrogens (tertiary/aromatic N) is 1. The SMILES string of the molecule is CCC1CCn2cc([C@@H]3C(=O)NC(=O)[C@H]3c3c[nH]c4ccccc34)c3cccc1c32. The molecule has 1 saturated heterocycles. The maximum Gasteiger partial charge on any atom is 0.235 e. The van der Waals surface area contributed by atoms with Gasteiger partial charge in [-0.3, -0.25) is 14.9 Å².